The molecule has 0 heterocycles. The molecule has 0 saturated heterocycles. The lowest BCUT2D eigenvalue weighted by atomic mass is 10.1. The third kappa shape index (κ3) is 4.50. The second kappa shape index (κ2) is 8.14. The van der Waals surface area contributed by atoms with Gasteiger partial charge in [-0.3, -0.25) is 9.52 Å². The van der Waals surface area contributed by atoms with Crippen LogP contribution in [0.5, 0.6) is 5.75 Å². The molecule has 6 nitrogen and oxygen atoms in total. The van der Waals surface area contributed by atoms with Gasteiger partial charge in [-0.05, 0) is 48.9 Å². The highest BCUT2D eigenvalue weighted by Gasteiger charge is 2.17. The van der Waals surface area contributed by atoms with Crippen LogP contribution in [-0.4, -0.2) is 21.4 Å². The van der Waals surface area contributed by atoms with Gasteiger partial charge in [-0.15, -0.1) is 0 Å². The fourth-order valence-corrected chi connectivity index (χ4v) is 3.71. The number of ether oxygens (including phenoxy) is 1. The molecule has 3 aromatic rings. The first kappa shape index (κ1) is 19.4. The number of aryl methyl sites for hydroxylation is 1. The summed E-state index contributed by atoms with van der Waals surface area (Å²) in [6, 6.07) is 19.9. The quantitative estimate of drug-likeness (QED) is 0.658. The molecule has 0 saturated carbocycles. The van der Waals surface area contributed by atoms with Crippen molar-refractivity contribution in [2.75, 3.05) is 17.1 Å². The summed E-state index contributed by atoms with van der Waals surface area (Å²) in [5.74, 6) is 0.152. The smallest absolute Gasteiger partial charge is 0.261 e. The van der Waals surface area contributed by atoms with E-state index in [0.29, 0.717) is 17.1 Å². The van der Waals surface area contributed by atoms with Gasteiger partial charge in [0, 0.05) is 17.3 Å². The van der Waals surface area contributed by atoms with E-state index in [0.717, 1.165) is 5.56 Å². The molecule has 28 heavy (non-hydrogen) atoms. The molecule has 0 radical (unpaired) electrons. The van der Waals surface area contributed by atoms with Crippen molar-refractivity contribution in [2.45, 2.75) is 11.8 Å². The Morgan fingerprint density at radius 2 is 1.68 bits per heavy atom. The number of carbonyl (C=O) groups excluding carboxylic acids is 1. The zero-order valence-corrected chi connectivity index (χ0v) is 16.3. The normalized spacial score (nSPS) is 10.9. The van der Waals surface area contributed by atoms with E-state index in [2.05, 4.69) is 10.0 Å². The lowest BCUT2D eigenvalue weighted by Crippen LogP contribution is -2.16. The molecule has 2 N–H and O–H groups in total. The molecule has 0 fully saturated rings. The summed E-state index contributed by atoms with van der Waals surface area (Å²) >= 11 is 0. The average molecular weight is 396 g/mol. The van der Waals surface area contributed by atoms with Gasteiger partial charge in [0.05, 0.1) is 17.7 Å². The number of methoxy groups -OCH3 is 1. The van der Waals surface area contributed by atoms with E-state index in [4.69, 9.17) is 4.74 Å². The highest BCUT2D eigenvalue weighted by Crippen LogP contribution is 2.22. The molecule has 1 amide bonds. The van der Waals surface area contributed by atoms with E-state index in [1.807, 2.05) is 25.1 Å². The minimum atomic E-state index is -3.86. The van der Waals surface area contributed by atoms with Crippen LogP contribution in [0.25, 0.3) is 0 Å². The largest absolute Gasteiger partial charge is 0.497 e. The number of amides is 1. The predicted octanol–water partition coefficient (Wildman–Crippen LogP) is 4.06. The van der Waals surface area contributed by atoms with E-state index in [-0.39, 0.29) is 16.4 Å². The average Bonchev–Trinajstić information content (AvgIpc) is 2.69. The molecule has 7 heteroatoms. The fraction of sp³-hybridized carbons (Fsp3) is 0.0952. The summed E-state index contributed by atoms with van der Waals surface area (Å²) in [5, 5.41) is 2.80. The fourth-order valence-electron chi connectivity index (χ4n) is 2.61. The van der Waals surface area contributed by atoms with Gasteiger partial charge in [0.25, 0.3) is 15.9 Å². The van der Waals surface area contributed by atoms with Crippen molar-refractivity contribution in [2.24, 2.45) is 0 Å². The molecule has 0 aliphatic rings. The summed E-state index contributed by atoms with van der Waals surface area (Å²) in [7, 11) is -2.36. The molecule has 0 unspecified atom stereocenters. The van der Waals surface area contributed by atoms with E-state index in [1.165, 1.54) is 25.3 Å². The summed E-state index contributed by atoms with van der Waals surface area (Å²) in [6.45, 7) is 1.88. The van der Waals surface area contributed by atoms with Crippen molar-refractivity contribution in [3.8, 4) is 5.75 Å². The molecule has 0 atom stereocenters. The molecule has 0 aromatic heterocycles. The Hall–Kier alpha value is -3.32. The van der Waals surface area contributed by atoms with Gasteiger partial charge in [0.2, 0.25) is 0 Å². The standard InChI is InChI=1S/C21H20N2O4S/c1-15-7-3-4-12-20(15)22-21(24)16-8-5-11-19(13-16)28(25,26)23-17-9-6-10-18(14-17)27-2/h3-14,23H,1-2H3,(H,22,24). The number of hydrogen-bond acceptors (Lipinski definition) is 4. The first-order valence-corrected chi connectivity index (χ1v) is 10.0. The van der Waals surface area contributed by atoms with Crippen LogP contribution in [0, 0.1) is 6.92 Å². The van der Waals surface area contributed by atoms with Crippen molar-refractivity contribution in [3.63, 3.8) is 0 Å². The van der Waals surface area contributed by atoms with Gasteiger partial charge < -0.3 is 10.1 Å². The molecule has 0 aliphatic carbocycles. The van der Waals surface area contributed by atoms with E-state index >= 15 is 0 Å². The molecule has 144 valence electrons. The Labute approximate surface area is 164 Å². The Bertz CT molecular complexity index is 1110. The first-order chi connectivity index (χ1) is 13.4. The second-order valence-corrected chi connectivity index (χ2v) is 7.82. The molecular weight excluding hydrogens is 376 g/mol. The van der Waals surface area contributed by atoms with Crippen molar-refractivity contribution in [1.29, 1.82) is 0 Å². The first-order valence-electron chi connectivity index (χ1n) is 8.53. The number of rotatable bonds is 6. The maximum Gasteiger partial charge on any atom is 0.261 e. The van der Waals surface area contributed by atoms with E-state index in [1.54, 1.807) is 36.4 Å². The summed E-state index contributed by atoms with van der Waals surface area (Å²) < 4.78 is 33.0. The number of nitrogens with one attached hydrogen (secondary N) is 2. The number of carbonyl (C=O) groups is 1. The third-order valence-electron chi connectivity index (χ3n) is 4.12. The minimum Gasteiger partial charge on any atom is -0.497 e. The van der Waals surface area contributed by atoms with Crippen molar-refractivity contribution >= 4 is 27.3 Å². The second-order valence-electron chi connectivity index (χ2n) is 6.13. The van der Waals surface area contributed by atoms with Crippen LogP contribution in [0.2, 0.25) is 0 Å². The Morgan fingerprint density at radius 3 is 2.43 bits per heavy atom. The SMILES string of the molecule is COc1cccc(NS(=O)(=O)c2cccc(C(=O)Nc3ccccc3C)c2)c1. The maximum absolute atomic E-state index is 12.7. The van der Waals surface area contributed by atoms with E-state index < -0.39 is 10.0 Å². The van der Waals surface area contributed by atoms with Gasteiger partial charge >= 0.3 is 0 Å². The highest BCUT2D eigenvalue weighted by atomic mass is 32.2. The highest BCUT2D eigenvalue weighted by molar-refractivity contribution is 7.92. The van der Waals surface area contributed by atoms with Gasteiger partial charge in [-0.25, -0.2) is 8.42 Å². The minimum absolute atomic E-state index is 0.00671. The molecule has 3 aromatic carbocycles. The van der Waals surface area contributed by atoms with Crippen molar-refractivity contribution in [3.05, 3.63) is 83.9 Å². The Balaban J connectivity index is 1.83. The number of hydrogen-bond donors (Lipinski definition) is 2. The lowest BCUT2D eigenvalue weighted by molar-refractivity contribution is 0.102. The Kier molecular flexibility index (Phi) is 5.65. The van der Waals surface area contributed by atoms with Crippen molar-refractivity contribution < 1.29 is 17.9 Å². The third-order valence-corrected chi connectivity index (χ3v) is 5.50. The Morgan fingerprint density at radius 1 is 0.929 bits per heavy atom. The van der Waals surface area contributed by atoms with Crippen LogP contribution in [0.1, 0.15) is 15.9 Å². The maximum atomic E-state index is 12.7. The molecule has 0 spiro atoms. The van der Waals surface area contributed by atoms with Crippen LogP contribution < -0.4 is 14.8 Å². The van der Waals surface area contributed by atoms with Gasteiger partial charge in [0.15, 0.2) is 0 Å². The molecular formula is C21H20N2O4S. The molecule has 0 aliphatic heterocycles. The van der Waals surface area contributed by atoms with Crippen LogP contribution in [0.4, 0.5) is 11.4 Å². The number of anilines is 2. The molecule has 3 rings (SSSR count). The number of sulfonamides is 1. The zero-order chi connectivity index (χ0) is 20.1. The number of benzene rings is 3. The zero-order valence-electron chi connectivity index (χ0n) is 15.5. The molecule has 0 bridgehead atoms. The summed E-state index contributed by atoms with van der Waals surface area (Å²) in [4.78, 5) is 12.5. The lowest BCUT2D eigenvalue weighted by Gasteiger charge is -2.11. The van der Waals surface area contributed by atoms with Crippen molar-refractivity contribution in [1.82, 2.24) is 0 Å². The van der Waals surface area contributed by atoms with Crippen LogP contribution in [-0.2, 0) is 10.0 Å². The topological polar surface area (TPSA) is 84.5 Å². The van der Waals surface area contributed by atoms with Gasteiger partial charge in [-0.2, -0.15) is 0 Å². The predicted molar refractivity (Wildman–Crippen MR) is 109 cm³/mol. The summed E-state index contributed by atoms with van der Waals surface area (Å²) in [5.41, 5.74) is 2.21. The van der Waals surface area contributed by atoms with Crippen LogP contribution in [0.15, 0.2) is 77.7 Å². The van der Waals surface area contributed by atoms with E-state index in [9.17, 15) is 13.2 Å². The monoisotopic (exact) mass is 396 g/mol. The van der Waals surface area contributed by atoms with Crippen LogP contribution in [0.3, 0.4) is 0 Å². The number of para-hydroxylation sites is 1. The van der Waals surface area contributed by atoms with Gasteiger partial charge in [0.1, 0.15) is 5.75 Å². The van der Waals surface area contributed by atoms with Crippen LogP contribution >= 0.6 is 0 Å². The van der Waals surface area contributed by atoms with Gasteiger partial charge in [-0.1, -0.05) is 30.3 Å². The summed E-state index contributed by atoms with van der Waals surface area (Å²) in [6.07, 6.45) is 0.